The quantitative estimate of drug-likeness (QED) is 0.799. The zero-order chi connectivity index (χ0) is 18.6. The highest BCUT2D eigenvalue weighted by Crippen LogP contribution is 2.22. The van der Waals surface area contributed by atoms with E-state index in [1.807, 2.05) is 47.4 Å². The van der Waals surface area contributed by atoms with Crippen LogP contribution >= 0.6 is 0 Å². The van der Waals surface area contributed by atoms with E-state index in [-0.39, 0.29) is 24.0 Å². The average Bonchev–Trinajstić information content (AvgIpc) is 3.15. The van der Waals surface area contributed by atoms with Gasteiger partial charge in [0, 0.05) is 6.54 Å². The molecule has 0 bridgehead atoms. The standard InChI is InChI=1S/C19H24N2O4S/c1-19(9-11-26(23,24)15-19)20-18(22)14-21(13-17-8-5-10-25-17)12-16-6-3-2-4-7-16/h2-8,10H,9,11-15H2,1H3,(H,20,22). The number of hydrogen-bond acceptors (Lipinski definition) is 5. The van der Waals surface area contributed by atoms with Crippen LogP contribution in [0.15, 0.2) is 53.1 Å². The number of sulfone groups is 1. The molecule has 26 heavy (non-hydrogen) atoms. The Morgan fingerprint density at radius 2 is 1.96 bits per heavy atom. The van der Waals surface area contributed by atoms with Gasteiger partial charge in [-0.2, -0.15) is 0 Å². The van der Waals surface area contributed by atoms with Crippen LogP contribution in [0, 0.1) is 0 Å². The topological polar surface area (TPSA) is 79.6 Å². The second kappa shape index (κ2) is 7.63. The van der Waals surface area contributed by atoms with Gasteiger partial charge in [-0.1, -0.05) is 30.3 Å². The Labute approximate surface area is 154 Å². The van der Waals surface area contributed by atoms with Crippen molar-refractivity contribution in [1.82, 2.24) is 10.2 Å². The highest BCUT2D eigenvalue weighted by atomic mass is 32.2. The zero-order valence-electron chi connectivity index (χ0n) is 14.8. The molecule has 0 aliphatic carbocycles. The molecule has 6 nitrogen and oxygen atoms in total. The summed E-state index contributed by atoms with van der Waals surface area (Å²) in [5, 5.41) is 2.92. The van der Waals surface area contributed by atoms with Gasteiger partial charge in [0.2, 0.25) is 5.91 Å². The lowest BCUT2D eigenvalue weighted by atomic mass is 10.0. The first-order valence-electron chi connectivity index (χ1n) is 8.64. The van der Waals surface area contributed by atoms with Gasteiger partial charge in [-0.3, -0.25) is 9.69 Å². The first-order chi connectivity index (χ1) is 12.3. The van der Waals surface area contributed by atoms with Crippen molar-refractivity contribution in [2.45, 2.75) is 32.0 Å². The summed E-state index contributed by atoms with van der Waals surface area (Å²) in [6.45, 7) is 3.07. The largest absolute Gasteiger partial charge is 0.468 e. The number of carbonyl (C=O) groups excluding carboxylic acids is 1. The van der Waals surface area contributed by atoms with Crippen LogP contribution < -0.4 is 5.32 Å². The fraction of sp³-hybridized carbons (Fsp3) is 0.421. The molecule has 1 aliphatic rings. The van der Waals surface area contributed by atoms with Crippen LogP contribution in [-0.4, -0.2) is 42.8 Å². The molecule has 1 saturated heterocycles. The summed E-state index contributed by atoms with van der Waals surface area (Å²) >= 11 is 0. The van der Waals surface area contributed by atoms with E-state index in [1.54, 1.807) is 13.2 Å². The van der Waals surface area contributed by atoms with Gasteiger partial charge in [-0.05, 0) is 31.0 Å². The maximum absolute atomic E-state index is 12.6. The molecule has 2 aromatic rings. The average molecular weight is 376 g/mol. The molecule has 140 valence electrons. The van der Waals surface area contributed by atoms with Crippen molar-refractivity contribution in [3.8, 4) is 0 Å². The van der Waals surface area contributed by atoms with E-state index in [0.717, 1.165) is 11.3 Å². The predicted molar refractivity (Wildman–Crippen MR) is 99.1 cm³/mol. The molecule has 0 spiro atoms. The first-order valence-corrected chi connectivity index (χ1v) is 10.5. The second-order valence-corrected chi connectivity index (χ2v) is 9.35. The second-order valence-electron chi connectivity index (χ2n) is 7.16. The minimum atomic E-state index is -3.06. The summed E-state index contributed by atoms with van der Waals surface area (Å²) < 4.78 is 28.9. The van der Waals surface area contributed by atoms with Crippen LogP contribution in [0.3, 0.4) is 0 Å². The Morgan fingerprint density at radius 1 is 1.19 bits per heavy atom. The van der Waals surface area contributed by atoms with Gasteiger partial charge < -0.3 is 9.73 Å². The monoisotopic (exact) mass is 376 g/mol. The lowest BCUT2D eigenvalue weighted by Crippen LogP contribution is -2.50. The third-order valence-corrected chi connectivity index (χ3v) is 6.42. The van der Waals surface area contributed by atoms with Crippen molar-refractivity contribution in [1.29, 1.82) is 0 Å². The number of amides is 1. The highest BCUT2D eigenvalue weighted by molar-refractivity contribution is 7.91. The highest BCUT2D eigenvalue weighted by Gasteiger charge is 2.39. The Hall–Kier alpha value is -2.12. The molecule has 1 amide bonds. The summed E-state index contributed by atoms with van der Waals surface area (Å²) in [6, 6.07) is 13.6. The first kappa shape index (κ1) is 18.7. The number of carbonyl (C=O) groups is 1. The van der Waals surface area contributed by atoms with Gasteiger partial charge in [0.05, 0.1) is 36.4 Å². The van der Waals surface area contributed by atoms with Crippen molar-refractivity contribution in [2.24, 2.45) is 0 Å². The fourth-order valence-electron chi connectivity index (χ4n) is 3.32. The predicted octanol–water partition coefficient (Wildman–Crippen LogP) is 1.98. The van der Waals surface area contributed by atoms with Crippen molar-refractivity contribution in [3.05, 3.63) is 60.1 Å². The molecule has 1 N–H and O–H groups in total. The number of nitrogens with zero attached hydrogens (tertiary/aromatic N) is 1. The van der Waals surface area contributed by atoms with Gasteiger partial charge in [0.15, 0.2) is 9.84 Å². The lowest BCUT2D eigenvalue weighted by Gasteiger charge is -2.27. The van der Waals surface area contributed by atoms with E-state index in [0.29, 0.717) is 19.5 Å². The minimum absolute atomic E-state index is 0.00259. The van der Waals surface area contributed by atoms with Crippen LogP contribution in [0.5, 0.6) is 0 Å². The van der Waals surface area contributed by atoms with E-state index >= 15 is 0 Å². The summed E-state index contributed by atoms with van der Waals surface area (Å²) in [5.74, 6) is 0.738. The van der Waals surface area contributed by atoms with Gasteiger partial charge in [0.1, 0.15) is 5.76 Å². The van der Waals surface area contributed by atoms with Gasteiger partial charge in [0.25, 0.3) is 0 Å². The maximum Gasteiger partial charge on any atom is 0.234 e. The number of nitrogens with one attached hydrogen (secondary N) is 1. The summed E-state index contributed by atoms with van der Waals surface area (Å²) in [4.78, 5) is 14.5. The Bertz CT molecular complexity index is 834. The Morgan fingerprint density at radius 3 is 2.58 bits per heavy atom. The molecule has 1 fully saturated rings. The van der Waals surface area contributed by atoms with E-state index in [4.69, 9.17) is 4.42 Å². The normalized spacial score (nSPS) is 21.8. The molecule has 1 aromatic heterocycles. The van der Waals surface area contributed by atoms with Gasteiger partial charge in [-0.15, -0.1) is 0 Å². The Kier molecular flexibility index (Phi) is 5.48. The number of hydrogen-bond donors (Lipinski definition) is 1. The molecule has 1 aromatic carbocycles. The van der Waals surface area contributed by atoms with Gasteiger partial charge in [-0.25, -0.2) is 8.42 Å². The smallest absolute Gasteiger partial charge is 0.234 e. The van der Waals surface area contributed by atoms with Gasteiger partial charge >= 0.3 is 0 Å². The van der Waals surface area contributed by atoms with Crippen LogP contribution in [0.4, 0.5) is 0 Å². The zero-order valence-corrected chi connectivity index (χ0v) is 15.7. The van der Waals surface area contributed by atoms with E-state index in [1.165, 1.54) is 0 Å². The minimum Gasteiger partial charge on any atom is -0.468 e. The van der Waals surface area contributed by atoms with Crippen LogP contribution in [0.1, 0.15) is 24.7 Å². The molecule has 0 radical (unpaired) electrons. The third-order valence-electron chi connectivity index (χ3n) is 4.52. The van der Waals surface area contributed by atoms with Crippen molar-refractivity contribution < 1.29 is 17.6 Å². The molecule has 7 heteroatoms. The number of rotatable bonds is 7. The molecule has 2 heterocycles. The van der Waals surface area contributed by atoms with E-state index in [9.17, 15) is 13.2 Å². The molecule has 1 unspecified atom stereocenters. The molecular weight excluding hydrogens is 352 g/mol. The third kappa shape index (κ3) is 5.19. The van der Waals surface area contributed by atoms with Crippen molar-refractivity contribution in [2.75, 3.05) is 18.1 Å². The SMILES string of the molecule is CC1(NC(=O)CN(Cc2ccccc2)Cc2ccco2)CCS(=O)(=O)C1. The number of furan rings is 1. The molecule has 1 atom stereocenters. The molecule has 0 saturated carbocycles. The van der Waals surface area contributed by atoms with Crippen LogP contribution in [-0.2, 0) is 27.7 Å². The number of benzene rings is 1. The van der Waals surface area contributed by atoms with Crippen molar-refractivity contribution in [3.63, 3.8) is 0 Å². The molecule has 3 rings (SSSR count). The lowest BCUT2D eigenvalue weighted by molar-refractivity contribution is -0.124. The summed E-state index contributed by atoms with van der Waals surface area (Å²) in [6.07, 6.45) is 2.07. The molecule has 1 aliphatic heterocycles. The van der Waals surface area contributed by atoms with E-state index in [2.05, 4.69) is 5.32 Å². The van der Waals surface area contributed by atoms with Crippen LogP contribution in [0.2, 0.25) is 0 Å². The Balaban J connectivity index is 1.65. The fourth-order valence-corrected chi connectivity index (χ4v) is 5.41. The van der Waals surface area contributed by atoms with Crippen LogP contribution in [0.25, 0.3) is 0 Å². The summed E-state index contributed by atoms with van der Waals surface area (Å²) in [7, 11) is -3.06. The summed E-state index contributed by atoms with van der Waals surface area (Å²) in [5.41, 5.74) is 0.417. The van der Waals surface area contributed by atoms with Crippen molar-refractivity contribution >= 4 is 15.7 Å². The molecular formula is C19H24N2O4S. The van der Waals surface area contributed by atoms with E-state index < -0.39 is 15.4 Å². The maximum atomic E-state index is 12.6.